The highest BCUT2D eigenvalue weighted by molar-refractivity contribution is 5.78. The average molecular weight is 241 g/mol. The summed E-state index contributed by atoms with van der Waals surface area (Å²) in [7, 11) is 0. The minimum Gasteiger partial charge on any atom is -0.444 e. The van der Waals surface area contributed by atoms with Gasteiger partial charge in [-0.15, -0.1) is 0 Å². The molecule has 0 aliphatic carbocycles. The van der Waals surface area contributed by atoms with Crippen molar-refractivity contribution in [3.8, 4) is 0 Å². The normalized spacial score (nSPS) is 21.9. The number of carbonyl (C=O) groups is 2. The number of hydrogen-bond donors (Lipinski definition) is 0. The van der Waals surface area contributed by atoms with Gasteiger partial charge in [-0.2, -0.15) is 0 Å². The van der Waals surface area contributed by atoms with E-state index in [9.17, 15) is 9.59 Å². The molecule has 1 aliphatic rings. The SMILES string of the molecule is CC(=O)C1CCCN(C(=O)OC(C)(C)C)CC1. The predicted octanol–water partition coefficient (Wildman–Crippen LogP) is 2.61. The molecule has 1 saturated heterocycles. The third-order valence-corrected chi connectivity index (χ3v) is 2.95. The maximum atomic E-state index is 11.9. The van der Waals surface area contributed by atoms with E-state index in [-0.39, 0.29) is 17.8 Å². The van der Waals surface area contributed by atoms with Crippen LogP contribution in [0.4, 0.5) is 4.79 Å². The Hall–Kier alpha value is -1.06. The van der Waals surface area contributed by atoms with E-state index in [4.69, 9.17) is 4.74 Å². The summed E-state index contributed by atoms with van der Waals surface area (Å²) in [5.41, 5.74) is -0.455. The van der Waals surface area contributed by atoms with E-state index in [0.717, 1.165) is 19.3 Å². The average Bonchev–Trinajstić information content (AvgIpc) is 2.39. The van der Waals surface area contributed by atoms with E-state index < -0.39 is 5.60 Å². The third kappa shape index (κ3) is 4.75. The van der Waals surface area contributed by atoms with Gasteiger partial charge in [0.25, 0.3) is 0 Å². The van der Waals surface area contributed by atoms with Crippen molar-refractivity contribution in [2.75, 3.05) is 13.1 Å². The summed E-state index contributed by atoms with van der Waals surface area (Å²) in [5, 5.41) is 0. The monoisotopic (exact) mass is 241 g/mol. The molecule has 0 aromatic rings. The van der Waals surface area contributed by atoms with Gasteiger partial charge in [-0.1, -0.05) is 0 Å². The molecule has 1 rings (SSSR count). The van der Waals surface area contributed by atoms with Gasteiger partial charge in [0.15, 0.2) is 0 Å². The highest BCUT2D eigenvalue weighted by Gasteiger charge is 2.26. The summed E-state index contributed by atoms with van der Waals surface area (Å²) in [5.74, 6) is 0.346. The fourth-order valence-corrected chi connectivity index (χ4v) is 2.01. The Labute approximate surface area is 103 Å². The molecule has 1 amide bonds. The van der Waals surface area contributed by atoms with Crippen LogP contribution in [0, 0.1) is 5.92 Å². The topological polar surface area (TPSA) is 46.6 Å². The van der Waals surface area contributed by atoms with Gasteiger partial charge in [-0.05, 0) is 47.0 Å². The summed E-state index contributed by atoms with van der Waals surface area (Å²) in [4.78, 5) is 24.9. The third-order valence-electron chi connectivity index (χ3n) is 2.95. The Morgan fingerprint density at radius 2 is 1.82 bits per heavy atom. The van der Waals surface area contributed by atoms with Crippen molar-refractivity contribution in [3.63, 3.8) is 0 Å². The van der Waals surface area contributed by atoms with Crippen LogP contribution >= 0.6 is 0 Å². The lowest BCUT2D eigenvalue weighted by molar-refractivity contribution is -0.121. The molecule has 1 unspecified atom stereocenters. The van der Waals surface area contributed by atoms with Crippen LogP contribution in [0.1, 0.15) is 47.0 Å². The fourth-order valence-electron chi connectivity index (χ4n) is 2.01. The van der Waals surface area contributed by atoms with Crippen molar-refractivity contribution < 1.29 is 14.3 Å². The second-order valence-corrected chi connectivity index (χ2v) is 5.71. The molecule has 0 radical (unpaired) electrons. The van der Waals surface area contributed by atoms with E-state index >= 15 is 0 Å². The Balaban J connectivity index is 2.51. The molecule has 1 fully saturated rings. The Bertz CT molecular complexity index is 294. The van der Waals surface area contributed by atoms with Crippen LogP contribution in [0.3, 0.4) is 0 Å². The lowest BCUT2D eigenvalue weighted by Gasteiger charge is -2.26. The molecule has 0 aromatic carbocycles. The molecular formula is C13H23NO3. The van der Waals surface area contributed by atoms with Crippen molar-refractivity contribution in [2.45, 2.75) is 52.6 Å². The predicted molar refractivity (Wildman–Crippen MR) is 65.8 cm³/mol. The van der Waals surface area contributed by atoms with Crippen LogP contribution in [0.5, 0.6) is 0 Å². The summed E-state index contributed by atoms with van der Waals surface area (Å²) in [6.07, 6.45) is 2.26. The van der Waals surface area contributed by atoms with Crippen molar-refractivity contribution in [1.29, 1.82) is 0 Å². The van der Waals surface area contributed by atoms with Gasteiger partial charge in [0, 0.05) is 19.0 Å². The molecule has 1 heterocycles. The van der Waals surface area contributed by atoms with Crippen molar-refractivity contribution in [1.82, 2.24) is 4.90 Å². The Kier molecular flexibility index (Phi) is 4.54. The largest absolute Gasteiger partial charge is 0.444 e. The van der Waals surface area contributed by atoms with Crippen molar-refractivity contribution in [2.24, 2.45) is 5.92 Å². The quantitative estimate of drug-likeness (QED) is 0.709. The number of nitrogens with zero attached hydrogens (tertiary/aromatic N) is 1. The standard InChI is InChI=1S/C13H23NO3/c1-10(15)11-6-5-8-14(9-7-11)12(16)17-13(2,3)4/h11H,5-9H2,1-4H3. The van der Waals surface area contributed by atoms with Gasteiger partial charge < -0.3 is 9.64 Å². The lowest BCUT2D eigenvalue weighted by atomic mass is 9.97. The number of carbonyl (C=O) groups excluding carboxylic acids is 2. The highest BCUT2D eigenvalue weighted by atomic mass is 16.6. The van der Waals surface area contributed by atoms with Crippen LogP contribution in [0.2, 0.25) is 0 Å². The van der Waals surface area contributed by atoms with Crippen LogP contribution in [-0.2, 0) is 9.53 Å². The first-order chi connectivity index (χ1) is 7.79. The molecular weight excluding hydrogens is 218 g/mol. The minimum atomic E-state index is -0.455. The summed E-state index contributed by atoms with van der Waals surface area (Å²) < 4.78 is 5.33. The first-order valence-corrected chi connectivity index (χ1v) is 6.28. The molecule has 0 aromatic heterocycles. The maximum absolute atomic E-state index is 11.9. The van der Waals surface area contributed by atoms with Crippen LogP contribution < -0.4 is 0 Å². The van der Waals surface area contributed by atoms with Gasteiger partial charge in [0.2, 0.25) is 0 Å². The number of amides is 1. The van der Waals surface area contributed by atoms with E-state index in [1.165, 1.54) is 0 Å². The zero-order valence-corrected chi connectivity index (χ0v) is 11.3. The van der Waals surface area contributed by atoms with Gasteiger partial charge in [0.05, 0.1) is 0 Å². The molecule has 98 valence electrons. The number of ether oxygens (including phenoxy) is 1. The maximum Gasteiger partial charge on any atom is 0.410 e. The summed E-state index contributed by atoms with van der Waals surface area (Å²) >= 11 is 0. The summed E-state index contributed by atoms with van der Waals surface area (Å²) in [6.45, 7) is 8.54. The molecule has 4 heteroatoms. The molecule has 17 heavy (non-hydrogen) atoms. The smallest absolute Gasteiger partial charge is 0.410 e. The molecule has 0 saturated carbocycles. The van der Waals surface area contributed by atoms with Crippen molar-refractivity contribution in [3.05, 3.63) is 0 Å². The Morgan fingerprint density at radius 3 is 2.35 bits per heavy atom. The Morgan fingerprint density at radius 1 is 1.18 bits per heavy atom. The molecule has 0 N–H and O–H groups in total. The molecule has 0 spiro atoms. The second kappa shape index (κ2) is 5.52. The van der Waals surface area contributed by atoms with E-state index in [2.05, 4.69) is 0 Å². The van der Waals surface area contributed by atoms with Gasteiger partial charge in [-0.25, -0.2) is 4.79 Å². The number of ketones is 1. The fraction of sp³-hybridized carbons (Fsp3) is 0.846. The number of Topliss-reactive ketones (excluding diaryl/α,β-unsaturated/α-hetero) is 1. The summed E-state index contributed by atoms with van der Waals surface area (Å²) in [6, 6.07) is 0. The number of likely N-dealkylation sites (tertiary alicyclic amines) is 1. The molecule has 0 bridgehead atoms. The first-order valence-electron chi connectivity index (χ1n) is 6.28. The first kappa shape index (κ1) is 14.0. The number of hydrogen-bond acceptors (Lipinski definition) is 3. The van der Waals surface area contributed by atoms with Crippen molar-refractivity contribution >= 4 is 11.9 Å². The van der Waals surface area contributed by atoms with E-state index in [1.807, 2.05) is 20.8 Å². The number of rotatable bonds is 1. The zero-order chi connectivity index (χ0) is 13.1. The lowest BCUT2D eigenvalue weighted by Crippen LogP contribution is -2.37. The van der Waals surface area contributed by atoms with Gasteiger partial charge in [0.1, 0.15) is 11.4 Å². The van der Waals surface area contributed by atoms with Crippen LogP contribution in [-0.4, -0.2) is 35.5 Å². The van der Waals surface area contributed by atoms with Gasteiger partial charge >= 0.3 is 6.09 Å². The molecule has 4 nitrogen and oxygen atoms in total. The minimum absolute atomic E-state index is 0.113. The molecule has 1 aliphatic heterocycles. The second-order valence-electron chi connectivity index (χ2n) is 5.71. The van der Waals surface area contributed by atoms with Gasteiger partial charge in [-0.3, -0.25) is 4.79 Å². The zero-order valence-electron chi connectivity index (χ0n) is 11.3. The van der Waals surface area contributed by atoms with E-state index in [1.54, 1.807) is 11.8 Å². The van der Waals surface area contributed by atoms with Crippen LogP contribution in [0.15, 0.2) is 0 Å². The van der Waals surface area contributed by atoms with Crippen LogP contribution in [0.25, 0.3) is 0 Å². The van der Waals surface area contributed by atoms with E-state index in [0.29, 0.717) is 13.1 Å². The highest BCUT2D eigenvalue weighted by Crippen LogP contribution is 2.20. The molecule has 1 atom stereocenters.